The van der Waals surface area contributed by atoms with Crippen molar-refractivity contribution >= 4 is 33.5 Å². The second-order valence-corrected chi connectivity index (χ2v) is 14.3. The number of carbonyl (C=O) groups excluding carboxylic acids is 3. The van der Waals surface area contributed by atoms with Crippen LogP contribution in [0.15, 0.2) is 88.4 Å². The van der Waals surface area contributed by atoms with E-state index in [0.29, 0.717) is 47.0 Å². The molecular weight excluding hydrogens is 689 g/mol. The van der Waals surface area contributed by atoms with Gasteiger partial charge in [-0.15, -0.1) is 0 Å². The van der Waals surface area contributed by atoms with Gasteiger partial charge in [-0.05, 0) is 67.3 Å². The highest BCUT2D eigenvalue weighted by Gasteiger charge is 2.43. The third kappa shape index (κ3) is 7.27. The van der Waals surface area contributed by atoms with Crippen LogP contribution in [0.1, 0.15) is 74.2 Å². The molecule has 4 aromatic rings. The molecule has 0 radical (unpaired) electrons. The standard InChI is InChI=1S/C38H42N4O9S/c1-25(26-10-6-5-7-11-26)40-20-22-41(23-21-40)30-13-8-12-28-35(30)37(44)42(36(28)43)29(27-15-16-31(48-2)33(24-27)49-3)14-9-19-39-52(46,47)34-18-17-32(51-34)38(45)50-4/h5-8,10-13,15-18,24-25,29,39H,9,14,19-23H2,1-4H3/t25-,29?/m1/s1. The molecule has 2 aliphatic rings. The third-order valence-electron chi connectivity index (χ3n) is 9.69. The maximum Gasteiger partial charge on any atom is 0.374 e. The number of imide groups is 1. The Morgan fingerprint density at radius 1 is 0.846 bits per heavy atom. The molecule has 1 N–H and O–H groups in total. The molecule has 3 heterocycles. The van der Waals surface area contributed by atoms with Crippen molar-refractivity contribution in [1.29, 1.82) is 0 Å². The summed E-state index contributed by atoms with van der Waals surface area (Å²) >= 11 is 0. The number of rotatable bonds is 14. The first-order valence-corrected chi connectivity index (χ1v) is 18.5. The summed E-state index contributed by atoms with van der Waals surface area (Å²) in [6.07, 6.45) is 0.463. The molecule has 52 heavy (non-hydrogen) atoms. The lowest BCUT2D eigenvalue weighted by Gasteiger charge is -2.39. The maximum atomic E-state index is 14.4. The fraction of sp³-hybridized carbons (Fsp3) is 0.342. The molecule has 0 bridgehead atoms. The zero-order valence-electron chi connectivity index (χ0n) is 29.5. The van der Waals surface area contributed by atoms with E-state index in [9.17, 15) is 22.8 Å². The molecule has 14 heteroatoms. The fourth-order valence-corrected chi connectivity index (χ4v) is 7.88. The topological polar surface area (TPSA) is 148 Å². The quantitative estimate of drug-likeness (QED) is 0.105. The Labute approximate surface area is 303 Å². The average Bonchev–Trinajstić information content (AvgIpc) is 3.78. The van der Waals surface area contributed by atoms with Gasteiger partial charge in [0.05, 0.1) is 44.2 Å². The molecule has 2 aliphatic heterocycles. The van der Waals surface area contributed by atoms with E-state index in [1.165, 1.54) is 36.8 Å². The van der Waals surface area contributed by atoms with Crippen LogP contribution < -0.4 is 19.1 Å². The molecule has 1 saturated heterocycles. The van der Waals surface area contributed by atoms with Gasteiger partial charge in [0.1, 0.15) is 0 Å². The van der Waals surface area contributed by atoms with E-state index in [2.05, 4.69) is 38.3 Å². The fourth-order valence-electron chi connectivity index (χ4n) is 6.88. The number of amides is 2. The molecule has 13 nitrogen and oxygen atoms in total. The number of carbonyl (C=O) groups is 3. The zero-order chi connectivity index (χ0) is 37.0. The van der Waals surface area contributed by atoms with E-state index < -0.39 is 38.9 Å². The summed E-state index contributed by atoms with van der Waals surface area (Å²) in [7, 11) is 0.0704. The van der Waals surface area contributed by atoms with E-state index >= 15 is 0 Å². The van der Waals surface area contributed by atoms with Crippen LogP contribution in [0.2, 0.25) is 0 Å². The number of nitrogens with zero attached hydrogens (tertiary/aromatic N) is 3. The van der Waals surface area contributed by atoms with Crippen molar-refractivity contribution in [2.75, 3.05) is 59.0 Å². The predicted molar refractivity (Wildman–Crippen MR) is 192 cm³/mol. The van der Waals surface area contributed by atoms with E-state index in [4.69, 9.17) is 13.9 Å². The Hall–Kier alpha value is -5.18. The number of benzene rings is 3. The molecule has 1 aromatic heterocycles. The van der Waals surface area contributed by atoms with Crippen LogP contribution in [0.5, 0.6) is 11.5 Å². The largest absolute Gasteiger partial charge is 0.493 e. The number of piperazine rings is 1. The number of sulfonamides is 1. The van der Waals surface area contributed by atoms with E-state index in [1.807, 2.05) is 30.3 Å². The van der Waals surface area contributed by atoms with Crippen molar-refractivity contribution < 1.29 is 41.4 Å². The van der Waals surface area contributed by atoms with Gasteiger partial charge in [-0.25, -0.2) is 17.9 Å². The second kappa shape index (κ2) is 15.6. The number of ether oxygens (including phenoxy) is 3. The van der Waals surface area contributed by atoms with Crippen molar-refractivity contribution in [2.24, 2.45) is 0 Å². The Morgan fingerprint density at radius 3 is 2.27 bits per heavy atom. The number of furan rings is 1. The smallest absolute Gasteiger partial charge is 0.374 e. The minimum atomic E-state index is -4.11. The second-order valence-electron chi connectivity index (χ2n) is 12.6. The van der Waals surface area contributed by atoms with Crippen LogP contribution in [0.25, 0.3) is 0 Å². The van der Waals surface area contributed by atoms with Crippen molar-refractivity contribution in [3.05, 3.63) is 107 Å². The maximum absolute atomic E-state index is 14.4. The first kappa shape index (κ1) is 36.6. The van der Waals surface area contributed by atoms with Gasteiger partial charge in [0.15, 0.2) is 11.5 Å². The highest BCUT2D eigenvalue weighted by atomic mass is 32.2. The van der Waals surface area contributed by atoms with E-state index in [0.717, 1.165) is 20.2 Å². The molecule has 2 atom stereocenters. The van der Waals surface area contributed by atoms with Gasteiger partial charge in [0, 0.05) is 38.8 Å². The number of hydrogen-bond donors (Lipinski definition) is 1. The lowest BCUT2D eigenvalue weighted by Crippen LogP contribution is -2.47. The van der Waals surface area contributed by atoms with Gasteiger partial charge < -0.3 is 23.5 Å². The molecule has 2 amide bonds. The van der Waals surface area contributed by atoms with Crippen LogP contribution in [-0.4, -0.2) is 90.1 Å². The van der Waals surface area contributed by atoms with Crippen molar-refractivity contribution in [3.8, 4) is 11.5 Å². The Bertz CT molecular complexity index is 2040. The van der Waals surface area contributed by atoms with Crippen LogP contribution in [0.3, 0.4) is 0 Å². The summed E-state index contributed by atoms with van der Waals surface area (Å²) in [4.78, 5) is 46.2. The number of fused-ring (bicyclic) bond motifs is 1. The summed E-state index contributed by atoms with van der Waals surface area (Å²) in [6, 6.07) is 22.8. The number of anilines is 1. The lowest BCUT2D eigenvalue weighted by atomic mass is 9.99. The van der Waals surface area contributed by atoms with Crippen LogP contribution in [0, 0.1) is 0 Å². The minimum absolute atomic E-state index is 0.0412. The summed E-state index contributed by atoms with van der Waals surface area (Å²) in [5.74, 6) is -0.988. The molecule has 1 fully saturated rings. The summed E-state index contributed by atoms with van der Waals surface area (Å²) < 4.78 is 49.1. The Kier molecular flexibility index (Phi) is 11.0. The highest BCUT2D eigenvalue weighted by Crippen LogP contribution is 2.41. The molecule has 274 valence electrons. The normalized spacial score (nSPS) is 16.1. The van der Waals surface area contributed by atoms with Crippen molar-refractivity contribution in [2.45, 2.75) is 36.9 Å². The Morgan fingerprint density at radius 2 is 1.58 bits per heavy atom. The molecule has 3 aromatic carbocycles. The van der Waals surface area contributed by atoms with Gasteiger partial charge in [-0.3, -0.25) is 19.4 Å². The Balaban J connectivity index is 1.22. The first-order valence-electron chi connectivity index (χ1n) is 17.0. The number of esters is 1. The first-order chi connectivity index (χ1) is 25.1. The highest BCUT2D eigenvalue weighted by molar-refractivity contribution is 7.89. The number of nitrogens with one attached hydrogen (secondary N) is 1. The number of hydrogen-bond acceptors (Lipinski definition) is 11. The van der Waals surface area contributed by atoms with Crippen LogP contribution >= 0.6 is 0 Å². The molecule has 0 spiro atoms. The lowest BCUT2D eigenvalue weighted by molar-refractivity contribution is 0.0552. The van der Waals surface area contributed by atoms with Gasteiger partial charge in [-0.2, -0.15) is 0 Å². The van der Waals surface area contributed by atoms with E-state index in [-0.39, 0.29) is 31.2 Å². The molecule has 6 rings (SSSR count). The minimum Gasteiger partial charge on any atom is -0.493 e. The summed E-state index contributed by atoms with van der Waals surface area (Å²) in [6.45, 7) is 5.11. The zero-order valence-corrected chi connectivity index (χ0v) is 30.4. The van der Waals surface area contributed by atoms with E-state index in [1.54, 1.807) is 24.3 Å². The van der Waals surface area contributed by atoms with Gasteiger partial charge >= 0.3 is 5.97 Å². The molecule has 1 unspecified atom stereocenters. The van der Waals surface area contributed by atoms with Gasteiger partial charge in [0.2, 0.25) is 10.9 Å². The average molecular weight is 731 g/mol. The predicted octanol–water partition coefficient (Wildman–Crippen LogP) is 5.06. The molecule has 0 saturated carbocycles. The van der Waals surface area contributed by atoms with Gasteiger partial charge in [0.25, 0.3) is 21.8 Å². The summed E-state index contributed by atoms with van der Waals surface area (Å²) in [5, 5.41) is -0.437. The monoisotopic (exact) mass is 730 g/mol. The SMILES string of the molecule is COC(=O)c1ccc(S(=O)(=O)NCCCC(c2ccc(OC)c(OC)c2)N2C(=O)c3cccc(N4CCN([C@H](C)c5ccccc5)CC4)c3C2=O)o1. The summed E-state index contributed by atoms with van der Waals surface area (Å²) in [5.41, 5.74) is 3.27. The van der Waals surface area contributed by atoms with Crippen molar-refractivity contribution in [3.63, 3.8) is 0 Å². The van der Waals surface area contributed by atoms with Crippen molar-refractivity contribution in [1.82, 2.24) is 14.5 Å². The third-order valence-corrected chi connectivity index (χ3v) is 11.0. The number of methoxy groups -OCH3 is 3. The molecular formula is C38H42N4O9S. The molecule has 0 aliphatic carbocycles. The van der Waals surface area contributed by atoms with Crippen LogP contribution in [0.4, 0.5) is 5.69 Å². The van der Waals surface area contributed by atoms with Crippen LogP contribution in [-0.2, 0) is 14.8 Å². The van der Waals surface area contributed by atoms with Gasteiger partial charge in [-0.1, -0.05) is 42.5 Å².